The number of carbonyl (C=O) groups excluding carboxylic acids is 1. The smallest absolute Gasteiger partial charge is 0.337 e. The van der Waals surface area contributed by atoms with Crippen molar-refractivity contribution in [3.63, 3.8) is 0 Å². The van der Waals surface area contributed by atoms with E-state index in [9.17, 15) is 18.3 Å². The number of benzene rings is 1. The highest BCUT2D eigenvalue weighted by Gasteiger charge is 2.39. The van der Waals surface area contributed by atoms with E-state index in [4.69, 9.17) is 0 Å². The molecule has 1 aliphatic rings. The average molecular weight is 313 g/mol. The van der Waals surface area contributed by atoms with Crippen LogP contribution in [0.4, 0.5) is 0 Å². The van der Waals surface area contributed by atoms with Gasteiger partial charge in [-0.3, -0.25) is 0 Å². The molecule has 1 N–H and O–H groups in total. The van der Waals surface area contributed by atoms with Crippen LogP contribution in [0.25, 0.3) is 0 Å². The lowest BCUT2D eigenvalue weighted by Crippen LogP contribution is -2.39. The molecule has 1 heterocycles. The Balaban J connectivity index is 2.30. The van der Waals surface area contributed by atoms with Crippen molar-refractivity contribution in [2.75, 3.05) is 20.3 Å². The molecular formula is C14H19NO5S. The van der Waals surface area contributed by atoms with E-state index in [-0.39, 0.29) is 17.4 Å². The Morgan fingerprint density at radius 3 is 2.52 bits per heavy atom. The third-order valence-electron chi connectivity index (χ3n) is 3.90. The molecule has 0 saturated carbocycles. The maximum Gasteiger partial charge on any atom is 0.337 e. The molecule has 0 bridgehead atoms. The molecule has 7 heteroatoms. The molecule has 2 atom stereocenters. The summed E-state index contributed by atoms with van der Waals surface area (Å²) < 4.78 is 31.1. The normalized spacial score (nSPS) is 23.2. The van der Waals surface area contributed by atoms with Crippen LogP contribution in [0.5, 0.6) is 0 Å². The molecule has 21 heavy (non-hydrogen) atoms. The van der Waals surface area contributed by atoms with Gasteiger partial charge in [-0.2, -0.15) is 4.31 Å². The number of hydrogen-bond donors (Lipinski definition) is 1. The Labute approximate surface area is 124 Å². The largest absolute Gasteiger partial charge is 0.465 e. The highest BCUT2D eigenvalue weighted by molar-refractivity contribution is 7.89. The molecule has 0 amide bonds. The average Bonchev–Trinajstić information content (AvgIpc) is 2.88. The van der Waals surface area contributed by atoms with Gasteiger partial charge in [-0.1, -0.05) is 6.92 Å². The molecule has 0 aliphatic carbocycles. The van der Waals surface area contributed by atoms with Crippen molar-refractivity contribution in [3.8, 4) is 0 Å². The number of ether oxygens (including phenoxy) is 1. The molecule has 1 fully saturated rings. The van der Waals surface area contributed by atoms with Crippen LogP contribution in [0.1, 0.15) is 23.7 Å². The van der Waals surface area contributed by atoms with Crippen molar-refractivity contribution in [2.45, 2.75) is 24.3 Å². The molecule has 1 aliphatic heterocycles. The van der Waals surface area contributed by atoms with Crippen LogP contribution in [-0.4, -0.2) is 50.1 Å². The van der Waals surface area contributed by atoms with Gasteiger partial charge in [0, 0.05) is 6.54 Å². The third kappa shape index (κ3) is 2.95. The van der Waals surface area contributed by atoms with Gasteiger partial charge in [-0.05, 0) is 36.6 Å². The summed E-state index contributed by atoms with van der Waals surface area (Å²) in [7, 11) is -2.39. The highest BCUT2D eigenvalue weighted by Crippen LogP contribution is 2.29. The maximum absolute atomic E-state index is 12.6. The summed E-state index contributed by atoms with van der Waals surface area (Å²) in [5.41, 5.74) is 0.296. The number of aliphatic hydroxyl groups excluding tert-OH is 1. The summed E-state index contributed by atoms with van der Waals surface area (Å²) >= 11 is 0. The minimum atomic E-state index is -3.66. The Morgan fingerprint density at radius 1 is 1.38 bits per heavy atom. The Morgan fingerprint density at radius 2 is 2.00 bits per heavy atom. The van der Waals surface area contributed by atoms with Crippen LogP contribution >= 0.6 is 0 Å². The second kappa shape index (κ2) is 6.13. The first kappa shape index (κ1) is 15.9. The van der Waals surface area contributed by atoms with Crippen molar-refractivity contribution in [1.82, 2.24) is 4.31 Å². The zero-order chi connectivity index (χ0) is 15.6. The van der Waals surface area contributed by atoms with Gasteiger partial charge in [-0.15, -0.1) is 0 Å². The van der Waals surface area contributed by atoms with Gasteiger partial charge < -0.3 is 9.84 Å². The maximum atomic E-state index is 12.6. The van der Waals surface area contributed by atoms with Crippen LogP contribution < -0.4 is 0 Å². The van der Waals surface area contributed by atoms with Crippen molar-refractivity contribution < 1.29 is 23.1 Å². The first-order chi connectivity index (χ1) is 9.91. The van der Waals surface area contributed by atoms with Gasteiger partial charge in [0.1, 0.15) is 0 Å². The van der Waals surface area contributed by atoms with Gasteiger partial charge in [0.15, 0.2) is 0 Å². The highest BCUT2D eigenvalue weighted by atomic mass is 32.2. The zero-order valence-corrected chi connectivity index (χ0v) is 12.8. The monoisotopic (exact) mass is 313 g/mol. The van der Waals surface area contributed by atoms with E-state index < -0.39 is 22.0 Å². The van der Waals surface area contributed by atoms with Gasteiger partial charge >= 0.3 is 5.97 Å². The predicted molar refractivity (Wildman–Crippen MR) is 76.3 cm³/mol. The fourth-order valence-electron chi connectivity index (χ4n) is 2.56. The van der Waals surface area contributed by atoms with Gasteiger partial charge in [0.05, 0.1) is 30.2 Å². The van der Waals surface area contributed by atoms with Gasteiger partial charge in [0.25, 0.3) is 0 Å². The summed E-state index contributed by atoms with van der Waals surface area (Å²) in [6.07, 6.45) is 0.727. The van der Waals surface area contributed by atoms with Crippen molar-refractivity contribution in [1.29, 1.82) is 0 Å². The number of hydrogen-bond acceptors (Lipinski definition) is 5. The standard InChI is InChI=1S/C14H19NO5S/c1-10-7-8-15(13(10)9-16)21(18,19)12-5-3-11(4-6-12)14(17)20-2/h3-6,10,13,16H,7-9H2,1-2H3. The van der Waals surface area contributed by atoms with E-state index in [1.165, 1.54) is 35.7 Å². The first-order valence-corrected chi connectivity index (χ1v) is 8.17. The molecule has 1 aromatic carbocycles. The second-order valence-electron chi connectivity index (χ2n) is 5.15. The minimum Gasteiger partial charge on any atom is -0.465 e. The van der Waals surface area contributed by atoms with E-state index in [1.54, 1.807) is 0 Å². The molecule has 0 aromatic heterocycles. The fourth-order valence-corrected chi connectivity index (χ4v) is 4.29. The third-order valence-corrected chi connectivity index (χ3v) is 5.84. The number of nitrogens with zero attached hydrogens (tertiary/aromatic N) is 1. The Kier molecular flexibility index (Phi) is 4.65. The summed E-state index contributed by atoms with van der Waals surface area (Å²) in [6.45, 7) is 2.13. The minimum absolute atomic E-state index is 0.114. The number of methoxy groups -OCH3 is 1. The number of esters is 1. The summed E-state index contributed by atoms with van der Waals surface area (Å²) in [5, 5.41) is 9.40. The van der Waals surface area contributed by atoms with Crippen molar-refractivity contribution in [3.05, 3.63) is 29.8 Å². The molecule has 0 radical (unpaired) electrons. The fraction of sp³-hybridized carbons (Fsp3) is 0.500. The van der Waals surface area contributed by atoms with E-state index in [0.29, 0.717) is 12.1 Å². The quantitative estimate of drug-likeness (QED) is 0.834. The molecular weight excluding hydrogens is 294 g/mol. The van der Waals surface area contributed by atoms with Crippen LogP contribution in [0.2, 0.25) is 0 Å². The molecule has 2 rings (SSSR count). The summed E-state index contributed by atoms with van der Waals surface area (Å²) in [6, 6.07) is 5.23. The van der Waals surface area contributed by atoms with Crippen molar-refractivity contribution in [2.24, 2.45) is 5.92 Å². The Hall–Kier alpha value is -1.44. The number of sulfonamides is 1. The van der Waals surface area contributed by atoms with Crippen molar-refractivity contribution >= 4 is 16.0 Å². The predicted octanol–water partition coefficient (Wildman–Crippen LogP) is 0.865. The van der Waals surface area contributed by atoms with Crippen LogP contribution in [-0.2, 0) is 14.8 Å². The van der Waals surface area contributed by atoms with Gasteiger partial charge in [-0.25, -0.2) is 13.2 Å². The first-order valence-electron chi connectivity index (χ1n) is 6.73. The van der Waals surface area contributed by atoms with E-state index in [2.05, 4.69) is 4.74 Å². The molecule has 1 aromatic rings. The van der Waals surface area contributed by atoms with Gasteiger partial charge in [0.2, 0.25) is 10.0 Å². The summed E-state index contributed by atoms with van der Waals surface area (Å²) in [4.78, 5) is 11.5. The lowest BCUT2D eigenvalue weighted by atomic mass is 10.0. The topological polar surface area (TPSA) is 83.9 Å². The number of aliphatic hydroxyl groups is 1. The van der Waals surface area contributed by atoms with Crippen LogP contribution in [0.15, 0.2) is 29.2 Å². The second-order valence-corrected chi connectivity index (χ2v) is 7.04. The molecule has 1 saturated heterocycles. The molecule has 116 valence electrons. The van der Waals surface area contributed by atoms with Crippen LogP contribution in [0, 0.1) is 5.92 Å². The SMILES string of the molecule is COC(=O)c1ccc(S(=O)(=O)N2CCC(C)C2CO)cc1. The lowest BCUT2D eigenvalue weighted by molar-refractivity contribution is 0.0600. The summed E-state index contributed by atoms with van der Waals surface area (Å²) in [5.74, 6) is -0.388. The molecule has 6 nitrogen and oxygen atoms in total. The number of rotatable bonds is 4. The molecule has 2 unspecified atom stereocenters. The molecule has 0 spiro atoms. The lowest BCUT2D eigenvalue weighted by Gasteiger charge is -2.24. The van der Waals surface area contributed by atoms with E-state index in [0.717, 1.165) is 6.42 Å². The number of carbonyl (C=O) groups is 1. The van der Waals surface area contributed by atoms with E-state index >= 15 is 0 Å². The zero-order valence-electron chi connectivity index (χ0n) is 12.0. The van der Waals surface area contributed by atoms with E-state index in [1.807, 2.05) is 6.92 Å². The Bertz CT molecular complexity index is 611. The van der Waals surface area contributed by atoms with Crippen LogP contribution in [0.3, 0.4) is 0 Å².